The highest BCUT2D eigenvalue weighted by Crippen LogP contribution is 2.39. The fourth-order valence-corrected chi connectivity index (χ4v) is 4.02. The van der Waals surface area contributed by atoms with Gasteiger partial charge in [-0.3, -0.25) is 9.78 Å². The van der Waals surface area contributed by atoms with Gasteiger partial charge < -0.3 is 14.5 Å². The second-order valence-electron chi connectivity index (χ2n) is 6.34. The number of nitrogens with zero attached hydrogens (tertiary/aromatic N) is 3. The van der Waals surface area contributed by atoms with E-state index in [2.05, 4.69) is 24.0 Å². The molecule has 0 radical (unpaired) electrons. The van der Waals surface area contributed by atoms with Crippen LogP contribution in [0.1, 0.15) is 23.3 Å². The lowest BCUT2D eigenvalue weighted by Crippen LogP contribution is -2.52. The number of aromatic nitrogens is 1. The van der Waals surface area contributed by atoms with Gasteiger partial charge in [-0.15, -0.1) is 0 Å². The van der Waals surface area contributed by atoms with Crippen LogP contribution in [0.15, 0.2) is 18.3 Å². The third-order valence-corrected chi connectivity index (χ3v) is 4.85. The van der Waals surface area contributed by atoms with Crippen LogP contribution >= 0.6 is 0 Å². The molecule has 1 saturated heterocycles. The molecule has 0 N–H and O–H groups in total. The fraction of sp³-hybridized carbons (Fsp3) is 0.625. The van der Waals surface area contributed by atoms with E-state index in [1.807, 2.05) is 4.90 Å². The average molecular weight is 289 g/mol. The van der Waals surface area contributed by atoms with Crippen LogP contribution in [0.2, 0.25) is 0 Å². The van der Waals surface area contributed by atoms with Crippen LogP contribution in [0, 0.1) is 11.8 Å². The lowest BCUT2D eigenvalue weighted by Gasteiger charge is -2.41. The minimum absolute atomic E-state index is 0.0306. The predicted molar refractivity (Wildman–Crippen MR) is 80.4 cm³/mol. The molecule has 2 bridgehead atoms. The fourth-order valence-electron chi connectivity index (χ4n) is 4.02. The molecule has 2 heterocycles. The summed E-state index contributed by atoms with van der Waals surface area (Å²) in [6.45, 7) is 1.69. The topological polar surface area (TPSA) is 45.7 Å². The van der Waals surface area contributed by atoms with Gasteiger partial charge in [0.15, 0.2) is 0 Å². The summed E-state index contributed by atoms with van der Waals surface area (Å²) in [7, 11) is 5.90. The number of methoxy groups -OCH3 is 1. The summed E-state index contributed by atoms with van der Waals surface area (Å²) >= 11 is 0. The van der Waals surface area contributed by atoms with Gasteiger partial charge >= 0.3 is 0 Å². The Hall–Kier alpha value is -1.62. The SMILES string of the molecule is COc1ccnc(C(=O)N2C[C@H]3CC[C@@H](C2)C3N(C)C)c1. The van der Waals surface area contributed by atoms with Crippen molar-refractivity contribution in [3.63, 3.8) is 0 Å². The van der Waals surface area contributed by atoms with Crippen LogP contribution in [0.3, 0.4) is 0 Å². The Morgan fingerprint density at radius 2 is 2.00 bits per heavy atom. The number of hydrogen-bond acceptors (Lipinski definition) is 4. The number of fused-ring (bicyclic) bond motifs is 2. The number of pyridine rings is 1. The first kappa shape index (κ1) is 14.3. The van der Waals surface area contributed by atoms with Gasteiger partial charge in [0.25, 0.3) is 5.91 Å². The molecular formula is C16H23N3O2. The van der Waals surface area contributed by atoms with Crippen LogP contribution in [0.4, 0.5) is 0 Å². The molecule has 0 spiro atoms. The van der Waals surface area contributed by atoms with E-state index >= 15 is 0 Å². The first-order chi connectivity index (χ1) is 10.1. The molecule has 1 aliphatic carbocycles. The molecular weight excluding hydrogens is 266 g/mol. The number of likely N-dealkylation sites (tertiary alicyclic amines) is 1. The van der Waals surface area contributed by atoms with Crippen LogP contribution < -0.4 is 4.74 Å². The second kappa shape index (κ2) is 5.64. The van der Waals surface area contributed by atoms with Crippen molar-refractivity contribution in [1.82, 2.24) is 14.8 Å². The Bertz CT molecular complexity index is 518. The third-order valence-electron chi connectivity index (χ3n) is 4.85. The smallest absolute Gasteiger partial charge is 0.272 e. The van der Waals surface area contributed by atoms with Gasteiger partial charge in [0.2, 0.25) is 0 Å². The molecule has 2 aliphatic rings. The van der Waals surface area contributed by atoms with E-state index in [9.17, 15) is 4.79 Å². The Morgan fingerprint density at radius 1 is 1.33 bits per heavy atom. The van der Waals surface area contributed by atoms with Gasteiger partial charge in [0.1, 0.15) is 11.4 Å². The number of carbonyl (C=O) groups is 1. The molecule has 5 heteroatoms. The maximum Gasteiger partial charge on any atom is 0.272 e. The van der Waals surface area contributed by atoms with E-state index in [4.69, 9.17) is 4.74 Å². The number of hydrogen-bond donors (Lipinski definition) is 0. The van der Waals surface area contributed by atoms with Crippen molar-refractivity contribution < 1.29 is 9.53 Å². The minimum atomic E-state index is 0.0306. The number of rotatable bonds is 3. The molecule has 3 atom stereocenters. The van der Waals surface area contributed by atoms with Crippen LogP contribution in [-0.4, -0.2) is 61.0 Å². The first-order valence-electron chi connectivity index (χ1n) is 7.56. The van der Waals surface area contributed by atoms with E-state index in [0.29, 0.717) is 29.3 Å². The van der Waals surface area contributed by atoms with Crippen molar-refractivity contribution in [3.05, 3.63) is 24.0 Å². The second-order valence-corrected chi connectivity index (χ2v) is 6.34. The molecule has 21 heavy (non-hydrogen) atoms. The summed E-state index contributed by atoms with van der Waals surface area (Å²) in [5.41, 5.74) is 0.483. The van der Waals surface area contributed by atoms with E-state index in [0.717, 1.165) is 13.1 Å². The molecule has 3 rings (SSSR count). The molecule has 1 unspecified atom stereocenters. The lowest BCUT2D eigenvalue weighted by molar-refractivity contribution is 0.0482. The molecule has 2 fully saturated rings. The summed E-state index contributed by atoms with van der Waals surface area (Å²) in [6.07, 6.45) is 4.08. The molecule has 1 amide bonds. The Morgan fingerprint density at radius 3 is 2.57 bits per heavy atom. The van der Waals surface area contributed by atoms with Crippen molar-refractivity contribution >= 4 is 5.91 Å². The van der Waals surface area contributed by atoms with Crippen molar-refractivity contribution in [2.45, 2.75) is 18.9 Å². The number of ether oxygens (including phenoxy) is 1. The van der Waals surface area contributed by atoms with E-state index in [1.54, 1.807) is 25.4 Å². The zero-order chi connectivity index (χ0) is 15.0. The van der Waals surface area contributed by atoms with Crippen molar-refractivity contribution in [3.8, 4) is 5.75 Å². The quantitative estimate of drug-likeness (QED) is 0.846. The van der Waals surface area contributed by atoms with Gasteiger partial charge in [-0.2, -0.15) is 0 Å². The highest BCUT2D eigenvalue weighted by molar-refractivity contribution is 5.92. The monoisotopic (exact) mass is 289 g/mol. The highest BCUT2D eigenvalue weighted by atomic mass is 16.5. The van der Waals surface area contributed by atoms with Gasteiger partial charge in [-0.05, 0) is 44.8 Å². The molecule has 1 aromatic rings. The summed E-state index contributed by atoms with van der Waals surface area (Å²) in [5.74, 6) is 1.89. The van der Waals surface area contributed by atoms with E-state index in [1.165, 1.54) is 12.8 Å². The zero-order valence-electron chi connectivity index (χ0n) is 13.0. The van der Waals surface area contributed by atoms with Crippen molar-refractivity contribution in [2.24, 2.45) is 11.8 Å². The van der Waals surface area contributed by atoms with E-state index in [-0.39, 0.29) is 5.91 Å². The lowest BCUT2D eigenvalue weighted by atomic mass is 9.91. The van der Waals surface area contributed by atoms with Crippen molar-refractivity contribution in [1.29, 1.82) is 0 Å². The number of amides is 1. The Balaban J connectivity index is 1.75. The molecule has 1 aliphatic heterocycles. The molecule has 1 saturated carbocycles. The van der Waals surface area contributed by atoms with E-state index < -0.39 is 0 Å². The normalized spacial score (nSPS) is 28.0. The van der Waals surface area contributed by atoms with Gasteiger partial charge in [-0.1, -0.05) is 0 Å². The standard InChI is InChI=1S/C16H23N3O2/c1-18(2)15-11-4-5-12(15)10-19(9-11)16(20)14-8-13(21-3)6-7-17-14/h6-8,11-12,15H,4-5,9-10H2,1-3H3/t11-,12+,15?. The maximum absolute atomic E-state index is 12.7. The Labute approximate surface area is 125 Å². The summed E-state index contributed by atoms with van der Waals surface area (Å²) in [6, 6.07) is 4.11. The third kappa shape index (κ3) is 2.62. The van der Waals surface area contributed by atoms with Gasteiger partial charge in [-0.25, -0.2) is 0 Å². The summed E-state index contributed by atoms with van der Waals surface area (Å²) < 4.78 is 5.18. The molecule has 114 valence electrons. The summed E-state index contributed by atoms with van der Waals surface area (Å²) in [5, 5.41) is 0. The van der Waals surface area contributed by atoms with Gasteiger partial charge in [0, 0.05) is 31.4 Å². The largest absolute Gasteiger partial charge is 0.497 e. The molecule has 5 nitrogen and oxygen atoms in total. The predicted octanol–water partition coefficient (Wildman–Crippen LogP) is 1.50. The van der Waals surface area contributed by atoms with Gasteiger partial charge in [0.05, 0.1) is 7.11 Å². The first-order valence-corrected chi connectivity index (χ1v) is 7.56. The van der Waals surface area contributed by atoms with Crippen LogP contribution in [0.25, 0.3) is 0 Å². The molecule has 1 aromatic heterocycles. The van der Waals surface area contributed by atoms with Crippen LogP contribution in [0.5, 0.6) is 5.75 Å². The molecule has 0 aromatic carbocycles. The summed E-state index contributed by atoms with van der Waals surface area (Å²) in [4.78, 5) is 21.2. The van der Waals surface area contributed by atoms with Crippen LogP contribution in [-0.2, 0) is 0 Å². The van der Waals surface area contributed by atoms with Crippen molar-refractivity contribution in [2.75, 3.05) is 34.3 Å². The average Bonchev–Trinajstić information content (AvgIpc) is 2.77. The number of carbonyl (C=O) groups excluding carboxylic acids is 1. The Kier molecular flexibility index (Phi) is 3.85. The minimum Gasteiger partial charge on any atom is -0.497 e. The zero-order valence-corrected chi connectivity index (χ0v) is 13.0. The maximum atomic E-state index is 12.7. The highest BCUT2D eigenvalue weighted by Gasteiger charge is 2.44. The number of piperidine rings is 1.